The first-order valence-electron chi connectivity index (χ1n) is 6.97. The van der Waals surface area contributed by atoms with Crippen LogP contribution in [0, 0.1) is 5.92 Å². The van der Waals surface area contributed by atoms with Gasteiger partial charge in [0.25, 0.3) is 0 Å². The molecule has 0 aromatic carbocycles. The van der Waals surface area contributed by atoms with E-state index in [4.69, 9.17) is 0 Å². The number of amides is 2. The minimum Gasteiger partial charge on any atom is -0.345 e. The van der Waals surface area contributed by atoms with Gasteiger partial charge < -0.3 is 9.80 Å². The first-order valence-corrected chi connectivity index (χ1v) is 7.84. The highest BCUT2D eigenvalue weighted by Gasteiger charge is 2.27. The number of carbonyl (C=O) groups excluding carboxylic acids is 2. The monoisotopic (exact) mass is 295 g/mol. The first kappa shape index (κ1) is 15.0. The van der Waals surface area contributed by atoms with E-state index in [1.807, 2.05) is 17.3 Å². The number of rotatable bonds is 4. The molecule has 0 saturated carbocycles. The number of carbonyl (C=O) groups is 2. The molecule has 1 saturated heterocycles. The molecule has 1 aliphatic heterocycles. The third-order valence-electron chi connectivity index (χ3n) is 3.81. The lowest BCUT2D eigenvalue weighted by Crippen LogP contribution is -2.43. The van der Waals surface area contributed by atoms with Crippen molar-refractivity contribution in [2.24, 2.45) is 5.92 Å². The molecule has 2 heterocycles. The van der Waals surface area contributed by atoms with Crippen molar-refractivity contribution < 1.29 is 9.59 Å². The van der Waals surface area contributed by atoms with E-state index in [0.29, 0.717) is 19.6 Å². The first-order chi connectivity index (χ1) is 9.58. The number of aromatic nitrogens is 1. The number of hydrogen-bond donors (Lipinski definition) is 0. The molecule has 0 spiro atoms. The molecular weight excluding hydrogens is 274 g/mol. The molecule has 5 nitrogen and oxygen atoms in total. The van der Waals surface area contributed by atoms with Crippen LogP contribution in [0.15, 0.2) is 11.6 Å². The van der Waals surface area contributed by atoms with E-state index in [9.17, 15) is 9.59 Å². The normalized spacial score (nSPS) is 16.2. The number of thiazole rings is 1. The number of likely N-dealkylation sites (N-methyl/N-ethyl adjacent to an activating group) is 1. The van der Waals surface area contributed by atoms with Crippen molar-refractivity contribution in [3.05, 3.63) is 16.6 Å². The average molecular weight is 295 g/mol. The van der Waals surface area contributed by atoms with Crippen LogP contribution in [0.5, 0.6) is 0 Å². The van der Waals surface area contributed by atoms with E-state index in [-0.39, 0.29) is 17.7 Å². The number of likely N-dealkylation sites (tertiary alicyclic amines) is 1. The summed E-state index contributed by atoms with van der Waals surface area (Å²) < 4.78 is 0. The highest BCUT2D eigenvalue weighted by molar-refractivity contribution is 7.09. The summed E-state index contributed by atoms with van der Waals surface area (Å²) in [5.41, 5.74) is 0. The third-order valence-corrected chi connectivity index (χ3v) is 4.65. The van der Waals surface area contributed by atoms with Crippen LogP contribution in [-0.4, -0.2) is 53.3 Å². The van der Waals surface area contributed by atoms with E-state index >= 15 is 0 Å². The SMILES string of the molecule is CC(=O)N1CCC(C(=O)N(C)CCc2nccs2)CC1. The van der Waals surface area contributed by atoms with Crippen LogP contribution >= 0.6 is 11.3 Å². The highest BCUT2D eigenvalue weighted by atomic mass is 32.1. The lowest BCUT2D eigenvalue weighted by molar-refractivity contribution is -0.139. The Morgan fingerprint density at radius 3 is 2.70 bits per heavy atom. The third kappa shape index (κ3) is 3.79. The Kier molecular flexibility index (Phi) is 5.11. The molecule has 0 N–H and O–H groups in total. The Hall–Kier alpha value is -1.43. The van der Waals surface area contributed by atoms with Gasteiger partial charge in [-0.1, -0.05) is 0 Å². The van der Waals surface area contributed by atoms with Gasteiger partial charge in [0.15, 0.2) is 0 Å². The Morgan fingerprint density at radius 2 is 2.15 bits per heavy atom. The Morgan fingerprint density at radius 1 is 1.45 bits per heavy atom. The van der Waals surface area contributed by atoms with Gasteiger partial charge in [-0.15, -0.1) is 11.3 Å². The summed E-state index contributed by atoms with van der Waals surface area (Å²) in [6.45, 7) is 3.69. The van der Waals surface area contributed by atoms with Crippen molar-refractivity contribution >= 4 is 23.2 Å². The zero-order chi connectivity index (χ0) is 14.5. The summed E-state index contributed by atoms with van der Waals surface area (Å²) in [6.07, 6.45) is 4.16. The molecule has 2 rings (SSSR count). The fourth-order valence-corrected chi connectivity index (χ4v) is 3.11. The van der Waals surface area contributed by atoms with Gasteiger partial charge in [-0.25, -0.2) is 4.98 Å². The van der Waals surface area contributed by atoms with E-state index in [1.165, 1.54) is 0 Å². The lowest BCUT2D eigenvalue weighted by Gasteiger charge is -2.32. The second-order valence-corrected chi connectivity index (χ2v) is 6.20. The molecule has 1 aromatic heterocycles. The van der Waals surface area contributed by atoms with Gasteiger partial charge in [0.1, 0.15) is 0 Å². The van der Waals surface area contributed by atoms with Crippen molar-refractivity contribution in [1.29, 1.82) is 0 Å². The summed E-state index contributed by atoms with van der Waals surface area (Å²) in [5, 5.41) is 3.02. The largest absolute Gasteiger partial charge is 0.345 e. The molecule has 0 radical (unpaired) electrons. The Balaban J connectivity index is 1.77. The maximum Gasteiger partial charge on any atom is 0.225 e. The molecule has 1 aliphatic rings. The average Bonchev–Trinajstić information content (AvgIpc) is 2.97. The van der Waals surface area contributed by atoms with E-state index in [2.05, 4.69) is 4.98 Å². The minimum atomic E-state index is 0.0619. The van der Waals surface area contributed by atoms with Gasteiger partial charge >= 0.3 is 0 Å². The molecule has 20 heavy (non-hydrogen) atoms. The van der Waals surface area contributed by atoms with E-state index in [0.717, 1.165) is 24.3 Å². The second kappa shape index (κ2) is 6.83. The molecule has 0 aliphatic carbocycles. The lowest BCUT2D eigenvalue weighted by atomic mass is 9.95. The van der Waals surface area contributed by atoms with Gasteiger partial charge in [-0.2, -0.15) is 0 Å². The van der Waals surface area contributed by atoms with Crippen molar-refractivity contribution in [3.8, 4) is 0 Å². The molecule has 1 fully saturated rings. The fraction of sp³-hybridized carbons (Fsp3) is 0.643. The minimum absolute atomic E-state index is 0.0619. The van der Waals surface area contributed by atoms with Gasteiger partial charge in [-0.3, -0.25) is 9.59 Å². The second-order valence-electron chi connectivity index (χ2n) is 5.22. The maximum absolute atomic E-state index is 12.3. The van der Waals surface area contributed by atoms with Crippen LogP contribution in [-0.2, 0) is 16.0 Å². The van der Waals surface area contributed by atoms with Crippen molar-refractivity contribution in [2.75, 3.05) is 26.7 Å². The molecule has 6 heteroatoms. The molecule has 0 bridgehead atoms. The molecule has 110 valence electrons. The van der Waals surface area contributed by atoms with Crippen LogP contribution in [0.4, 0.5) is 0 Å². The Labute approximate surface area is 123 Å². The zero-order valence-electron chi connectivity index (χ0n) is 12.0. The fourth-order valence-electron chi connectivity index (χ4n) is 2.50. The van der Waals surface area contributed by atoms with Gasteiger partial charge in [0.2, 0.25) is 11.8 Å². The predicted molar refractivity (Wildman–Crippen MR) is 78.4 cm³/mol. The number of nitrogens with zero attached hydrogens (tertiary/aromatic N) is 3. The number of hydrogen-bond acceptors (Lipinski definition) is 4. The molecule has 0 atom stereocenters. The van der Waals surface area contributed by atoms with Crippen LogP contribution in [0.25, 0.3) is 0 Å². The highest BCUT2D eigenvalue weighted by Crippen LogP contribution is 2.19. The van der Waals surface area contributed by atoms with Gasteiger partial charge in [0, 0.05) is 57.5 Å². The predicted octanol–water partition coefficient (Wildman–Crippen LogP) is 1.40. The Bertz CT molecular complexity index is 453. The smallest absolute Gasteiger partial charge is 0.225 e. The van der Waals surface area contributed by atoms with Gasteiger partial charge in [0.05, 0.1) is 5.01 Å². The van der Waals surface area contributed by atoms with Crippen LogP contribution in [0.1, 0.15) is 24.8 Å². The summed E-state index contributed by atoms with van der Waals surface area (Å²) >= 11 is 1.62. The molecular formula is C14H21N3O2S. The quantitative estimate of drug-likeness (QED) is 0.844. The summed E-state index contributed by atoms with van der Waals surface area (Å²) in [6, 6.07) is 0. The van der Waals surface area contributed by atoms with E-state index < -0.39 is 0 Å². The summed E-state index contributed by atoms with van der Waals surface area (Å²) in [4.78, 5) is 31.5. The molecule has 2 amide bonds. The summed E-state index contributed by atoms with van der Waals surface area (Å²) in [7, 11) is 1.85. The van der Waals surface area contributed by atoms with Gasteiger partial charge in [-0.05, 0) is 12.8 Å². The maximum atomic E-state index is 12.3. The standard InChI is InChI=1S/C14H21N3O2S/c1-11(18)17-8-3-12(4-9-17)14(19)16(2)7-5-13-15-6-10-20-13/h6,10,12H,3-5,7-9H2,1-2H3. The molecule has 1 aromatic rings. The van der Waals surface area contributed by atoms with Crippen molar-refractivity contribution in [1.82, 2.24) is 14.8 Å². The topological polar surface area (TPSA) is 53.5 Å². The molecule has 0 unspecified atom stereocenters. The summed E-state index contributed by atoms with van der Waals surface area (Å²) in [5.74, 6) is 0.365. The van der Waals surface area contributed by atoms with Crippen LogP contribution in [0.3, 0.4) is 0 Å². The van der Waals surface area contributed by atoms with Crippen molar-refractivity contribution in [3.63, 3.8) is 0 Å². The van der Waals surface area contributed by atoms with E-state index in [1.54, 1.807) is 29.4 Å². The van der Waals surface area contributed by atoms with Crippen LogP contribution < -0.4 is 0 Å². The van der Waals surface area contributed by atoms with Crippen molar-refractivity contribution in [2.45, 2.75) is 26.2 Å². The zero-order valence-corrected chi connectivity index (χ0v) is 12.9. The van der Waals surface area contributed by atoms with Crippen LogP contribution in [0.2, 0.25) is 0 Å². The number of piperidine rings is 1.